The fourth-order valence-electron chi connectivity index (χ4n) is 0.112. The van der Waals surface area contributed by atoms with Crippen LogP contribution in [0.15, 0.2) is 0 Å². The van der Waals surface area contributed by atoms with Gasteiger partial charge in [-0.3, -0.25) is 0 Å². The van der Waals surface area contributed by atoms with E-state index in [9.17, 15) is 13.0 Å². The van der Waals surface area contributed by atoms with Crippen LogP contribution in [0, 0.1) is 0 Å². The van der Waals surface area contributed by atoms with E-state index < -0.39 is 10.1 Å². The van der Waals surface area contributed by atoms with Gasteiger partial charge in [0.1, 0.15) is 0 Å². The summed E-state index contributed by atoms with van der Waals surface area (Å²) >= 11 is 3.53. The van der Waals surface area contributed by atoms with Crippen molar-refractivity contribution in [1.29, 1.82) is 0 Å². The van der Waals surface area contributed by atoms with Gasteiger partial charge in [-0.1, -0.05) is 0 Å². The van der Waals surface area contributed by atoms with E-state index in [1.54, 1.807) is 0 Å². The molecule has 0 rings (SSSR count). The van der Waals surface area contributed by atoms with Crippen molar-refractivity contribution in [2.24, 2.45) is 0 Å². The van der Waals surface area contributed by atoms with Crippen LogP contribution in [0.1, 0.15) is 0 Å². The minimum absolute atomic E-state index is 0. The van der Waals surface area contributed by atoms with Crippen LogP contribution in [0.4, 0.5) is 0 Å². The van der Waals surface area contributed by atoms with E-state index in [-0.39, 0.29) is 53.5 Å². The molecule has 0 aromatic rings. The van der Waals surface area contributed by atoms with E-state index in [0.29, 0.717) is 0 Å². The second-order valence-corrected chi connectivity index (χ2v) is 2.96. The third-order valence-electron chi connectivity index (χ3n) is 0.341. The molecule has 0 aromatic heterocycles. The number of rotatable bonds is 2. The Morgan fingerprint density at radius 3 is 1.78 bits per heavy atom. The van der Waals surface area contributed by atoms with Gasteiger partial charge in [0.15, 0.2) is 0 Å². The standard InChI is InChI=1S/C2H6O3S2.ClH.Na/c3-7(4,5)2-1-6;;/h6H,1-2H2,(H,3,4,5);1H;/q;;+1/p-1. The maximum absolute atomic E-state index is 9.63. The minimum atomic E-state index is -4.00. The van der Waals surface area contributed by atoms with Crippen LogP contribution in [0.2, 0.25) is 0 Å². The van der Waals surface area contributed by atoms with Gasteiger partial charge in [0.2, 0.25) is 0 Å². The molecule has 0 atom stereocenters. The van der Waals surface area contributed by atoms with Crippen LogP contribution in [-0.2, 0) is 10.1 Å². The van der Waals surface area contributed by atoms with E-state index in [2.05, 4.69) is 12.6 Å². The van der Waals surface area contributed by atoms with Gasteiger partial charge in [0, 0.05) is 11.5 Å². The molecule has 0 saturated heterocycles. The molecule has 0 aromatic carbocycles. The smallest absolute Gasteiger partial charge is 0.748 e. The summed E-state index contributed by atoms with van der Waals surface area (Å²) in [4.78, 5) is 0. The molecule has 52 valence electrons. The molecule has 0 heterocycles. The Hall–Kier alpha value is 1.55. The molecule has 0 saturated carbocycles. The second-order valence-electron chi connectivity index (χ2n) is 0.985. The van der Waals surface area contributed by atoms with Crippen molar-refractivity contribution in [3.05, 3.63) is 0 Å². The van der Waals surface area contributed by atoms with Crippen LogP contribution < -0.4 is 29.6 Å². The number of hydrogen-bond donors (Lipinski definition) is 1. The minimum Gasteiger partial charge on any atom is -0.748 e. The molecule has 0 amide bonds. The average Bonchev–Trinajstić information content (AvgIpc) is 1.30. The zero-order valence-corrected chi connectivity index (χ0v) is 9.43. The van der Waals surface area contributed by atoms with Crippen molar-refractivity contribution in [2.75, 3.05) is 11.5 Å². The molecule has 9 heavy (non-hydrogen) atoms. The molecule has 7 heteroatoms. The normalized spacial score (nSPS) is 9.11. The quantitative estimate of drug-likeness (QED) is 0.292. The molecule has 0 radical (unpaired) electrons. The Morgan fingerprint density at radius 2 is 1.78 bits per heavy atom. The Kier molecular flexibility index (Phi) is 14.4. The van der Waals surface area contributed by atoms with Crippen LogP contribution in [0.25, 0.3) is 0 Å². The fraction of sp³-hybridized carbons (Fsp3) is 1.00. The average molecular weight is 201 g/mol. The Bertz CT molecular complexity index is 133. The maximum atomic E-state index is 9.63. The van der Waals surface area contributed by atoms with Gasteiger partial charge in [0.05, 0.1) is 10.1 Å². The second kappa shape index (κ2) is 7.65. The first-order valence-corrected chi connectivity index (χ1v) is 3.81. The largest absolute Gasteiger partial charge is 1.00 e. The number of halogens is 1. The summed E-state index contributed by atoms with van der Waals surface area (Å²) in [7, 11) is -4.00. The topological polar surface area (TPSA) is 57.2 Å². The Morgan fingerprint density at radius 1 is 1.44 bits per heavy atom. The summed E-state index contributed by atoms with van der Waals surface area (Å²) in [6.07, 6.45) is 0. The van der Waals surface area contributed by atoms with Crippen molar-refractivity contribution in [2.45, 2.75) is 0 Å². The molecule has 0 aliphatic carbocycles. The third-order valence-corrected chi connectivity index (χ3v) is 1.57. The van der Waals surface area contributed by atoms with Gasteiger partial charge in [-0.25, -0.2) is 8.42 Å². The molecule has 0 spiro atoms. The Labute approximate surface area is 88.5 Å². The number of thiol groups is 1. The molecule has 0 unspecified atom stereocenters. The number of hydrogen-bond acceptors (Lipinski definition) is 4. The molecule has 3 nitrogen and oxygen atoms in total. The zero-order chi connectivity index (χ0) is 5.91. The molecular weight excluding hydrogens is 195 g/mol. The van der Waals surface area contributed by atoms with Crippen LogP contribution >= 0.6 is 25.0 Å². The zero-order valence-electron chi connectivity index (χ0n) is 4.90. The maximum Gasteiger partial charge on any atom is 1.00 e. The first-order valence-electron chi connectivity index (χ1n) is 1.60. The van der Waals surface area contributed by atoms with Crippen molar-refractivity contribution in [3.63, 3.8) is 0 Å². The van der Waals surface area contributed by atoms with Crippen LogP contribution in [0.5, 0.6) is 0 Å². The van der Waals surface area contributed by atoms with E-state index in [1.807, 2.05) is 0 Å². The van der Waals surface area contributed by atoms with E-state index in [1.165, 1.54) is 0 Å². The third kappa shape index (κ3) is 17.7. The van der Waals surface area contributed by atoms with E-state index in [4.69, 9.17) is 0 Å². The molecule has 0 aliphatic heterocycles. The van der Waals surface area contributed by atoms with Gasteiger partial charge in [-0.2, -0.15) is 12.6 Å². The van der Waals surface area contributed by atoms with Crippen molar-refractivity contribution < 1.29 is 42.5 Å². The fourth-order valence-corrected chi connectivity index (χ4v) is 1.01. The summed E-state index contributed by atoms with van der Waals surface area (Å²) < 4.78 is 28.9. The molecule has 0 bridgehead atoms. The van der Waals surface area contributed by atoms with Crippen molar-refractivity contribution >= 4 is 35.2 Å². The first kappa shape index (κ1) is 16.9. The molecule has 0 fully saturated rings. The summed E-state index contributed by atoms with van der Waals surface area (Å²) in [5.41, 5.74) is 0. The van der Waals surface area contributed by atoms with Gasteiger partial charge in [0.25, 0.3) is 0 Å². The molecule has 0 aliphatic rings. The first-order chi connectivity index (χ1) is 3.06. The van der Waals surface area contributed by atoms with Gasteiger partial charge in [-0.15, -0.1) is 12.4 Å². The van der Waals surface area contributed by atoms with Crippen LogP contribution in [0.3, 0.4) is 0 Å². The van der Waals surface area contributed by atoms with E-state index in [0.717, 1.165) is 0 Å². The van der Waals surface area contributed by atoms with Gasteiger partial charge in [-0.05, 0) is 0 Å². The molecular formula is C2H6ClNaO3S2. The SMILES string of the molecule is Cl.O=S(=O)([O-])CCS.[Na+]. The summed E-state index contributed by atoms with van der Waals surface area (Å²) in [6, 6.07) is 0. The summed E-state index contributed by atoms with van der Waals surface area (Å²) in [5, 5.41) is 0. The summed E-state index contributed by atoms with van der Waals surface area (Å²) in [6.45, 7) is 0. The Balaban J connectivity index is -0.000000180. The predicted molar refractivity (Wildman–Crippen MR) is 35.7 cm³/mol. The summed E-state index contributed by atoms with van der Waals surface area (Å²) in [5.74, 6) is -0.276. The van der Waals surface area contributed by atoms with Crippen molar-refractivity contribution in [1.82, 2.24) is 0 Å². The molecule has 0 N–H and O–H groups in total. The van der Waals surface area contributed by atoms with Gasteiger partial charge >= 0.3 is 29.6 Å². The van der Waals surface area contributed by atoms with Gasteiger partial charge < -0.3 is 4.55 Å². The van der Waals surface area contributed by atoms with E-state index >= 15 is 0 Å². The van der Waals surface area contributed by atoms with Crippen molar-refractivity contribution in [3.8, 4) is 0 Å². The van der Waals surface area contributed by atoms with Crippen LogP contribution in [-0.4, -0.2) is 24.5 Å². The monoisotopic (exact) mass is 200 g/mol. The predicted octanol–water partition coefficient (Wildman–Crippen LogP) is -3.11.